The van der Waals surface area contributed by atoms with Gasteiger partial charge in [0.1, 0.15) is 0 Å². The average Bonchev–Trinajstić information content (AvgIpc) is 2.83. The van der Waals surface area contributed by atoms with Crippen LogP contribution in [0.15, 0.2) is 18.5 Å². The van der Waals surface area contributed by atoms with Gasteiger partial charge in [-0.2, -0.15) is 5.10 Å². The van der Waals surface area contributed by atoms with Crippen LogP contribution in [0.4, 0.5) is 11.6 Å². The van der Waals surface area contributed by atoms with Crippen molar-refractivity contribution in [2.75, 3.05) is 19.0 Å². The molecule has 0 unspecified atom stereocenters. The number of hydrogen-bond donors (Lipinski definition) is 2. The molecule has 8 heteroatoms. The van der Waals surface area contributed by atoms with Gasteiger partial charge in [0.05, 0.1) is 25.0 Å². The molecule has 0 saturated carbocycles. The van der Waals surface area contributed by atoms with Gasteiger partial charge in [0.15, 0.2) is 5.69 Å². The van der Waals surface area contributed by atoms with E-state index in [9.17, 15) is 4.79 Å². The van der Waals surface area contributed by atoms with Crippen molar-refractivity contribution >= 4 is 17.6 Å². The minimum atomic E-state index is -1.09. The Bertz CT molecular complexity index is 611. The molecule has 8 nitrogen and oxygen atoms in total. The van der Waals surface area contributed by atoms with Crippen molar-refractivity contribution in [1.82, 2.24) is 19.7 Å². The van der Waals surface area contributed by atoms with E-state index in [0.29, 0.717) is 24.5 Å². The van der Waals surface area contributed by atoms with Crippen molar-refractivity contribution in [3.05, 3.63) is 29.8 Å². The largest absolute Gasteiger partial charge is 0.477 e. The van der Waals surface area contributed by atoms with E-state index < -0.39 is 5.97 Å². The predicted octanol–water partition coefficient (Wildman–Crippen LogP) is 1.07. The minimum absolute atomic E-state index is 0.0493. The number of aromatic nitrogens is 4. The van der Waals surface area contributed by atoms with Crippen LogP contribution in [0.25, 0.3) is 0 Å². The Morgan fingerprint density at radius 3 is 3.00 bits per heavy atom. The lowest BCUT2D eigenvalue weighted by Crippen LogP contribution is -2.06. The highest BCUT2D eigenvalue weighted by molar-refractivity contribution is 5.85. The van der Waals surface area contributed by atoms with Gasteiger partial charge in [-0.25, -0.2) is 14.8 Å². The second kappa shape index (κ2) is 6.11. The first-order valence-electron chi connectivity index (χ1n) is 5.96. The molecule has 2 aromatic heterocycles. The fraction of sp³-hybridized carbons (Fsp3) is 0.333. The number of aromatic carboxylic acids is 1. The smallest absolute Gasteiger partial charge is 0.354 e. The number of carboxylic acid groups (broad SMARTS) is 1. The van der Waals surface area contributed by atoms with Crippen LogP contribution < -0.4 is 5.32 Å². The Kier molecular flexibility index (Phi) is 4.26. The minimum Gasteiger partial charge on any atom is -0.477 e. The normalized spacial score (nSPS) is 10.5. The summed E-state index contributed by atoms with van der Waals surface area (Å²) in [7, 11) is 1.62. The molecule has 2 aromatic rings. The highest BCUT2D eigenvalue weighted by Crippen LogP contribution is 2.13. The average molecular weight is 277 g/mol. The van der Waals surface area contributed by atoms with E-state index in [1.165, 1.54) is 6.07 Å². The molecular weight excluding hydrogens is 262 g/mol. The second-order valence-corrected chi connectivity index (χ2v) is 4.13. The third-order valence-corrected chi connectivity index (χ3v) is 2.49. The number of nitrogens with zero attached hydrogens (tertiary/aromatic N) is 4. The van der Waals surface area contributed by atoms with Crippen molar-refractivity contribution < 1.29 is 14.6 Å². The standard InChI is InChI=1S/C12H15N5O3/c1-8-5-10(11(18)19)16-12(14-8)15-9-6-13-17(7-9)3-4-20-2/h5-7H,3-4H2,1-2H3,(H,18,19)(H,14,15,16). The van der Waals surface area contributed by atoms with Gasteiger partial charge in [0, 0.05) is 19.0 Å². The molecule has 2 rings (SSSR count). The summed E-state index contributed by atoms with van der Waals surface area (Å²) in [5, 5.41) is 16.0. The molecule has 0 fully saturated rings. The first kappa shape index (κ1) is 13.9. The maximum absolute atomic E-state index is 10.9. The molecule has 2 heterocycles. The van der Waals surface area contributed by atoms with E-state index in [2.05, 4.69) is 20.4 Å². The lowest BCUT2D eigenvalue weighted by molar-refractivity contribution is 0.0690. The third kappa shape index (κ3) is 3.51. The highest BCUT2D eigenvalue weighted by atomic mass is 16.5. The van der Waals surface area contributed by atoms with Crippen LogP contribution in [0.3, 0.4) is 0 Å². The lowest BCUT2D eigenvalue weighted by atomic mass is 10.3. The molecule has 2 N–H and O–H groups in total. The maximum atomic E-state index is 10.9. The van der Waals surface area contributed by atoms with Crippen LogP contribution in [0.5, 0.6) is 0 Å². The molecule has 0 spiro atoms. The van der Waals surface area contributed by atoms with Crippen molar-refractivity contribution in [2.45, 2.75) is 13.5 Å². The van der Waals surface area contributed by atoms with Gasteiger partial charge in [-0.05, 0) is 13.0 Å². The van der Waals surface area contributed by atoms with Gasteiger partial charge in [0.2, 0.25) is 5.95 Å². The molecule has 0 aliphatic heterocycles. The summed E-state index contributed by atoms with van der Waals surface area (Å²) in [5.74, 6) is -0.858. The SMILES string of the molecule is COCCn1cc(Nc2nc(C)cc(C(=O)O)n2)cn1. The first-order chi connectivity index (χ1) is 9.58. The zero-order valence-electron chi connectivity index (χ0n) is 11.2. The topological polar surface area (TPSA) is 102 Å². The summed E-state index contributed by atoms with van der Waals surface area (Å²) < 4.78 is 6.67. The number of carboxylic acids is 1. The number of methoxy groups -OCH3 is 1. The van der Waals surface area contributed by atoms with Crippen molar-refractivity contribution in [3.8, 4) is 0 Å². The third-order valence-electron chi connectivity index (χ3n) is 2.49. The van der Waals surface area contributed by atoms with Crippen LogP contribution in [-0.4, -0.2) is 44.5 Å². The molecule has 0 aliphatic carbocycles. The number of rotatable bonds is 6. The fourth-order valence-electron chi connectivity index (χ4n) is 1.60. The fourth-order valence-corrected chi connectivity index (χ4v) is 1.60. The van der Waals surface area contributed by atoms with Crippen molar-refractivity contribution in [2.24, 2.45) is 0 Å². The van der Waals surface area contributed by atoms with Gasteiger partial charge in [-0.15, -0.1) is 0 Å². The molecule has 0 amide bonds. The molecule has 0 bridgehead atoms. The van der Waals surface area contributed by atoms with Crippen LogP contribution in [0.2, 0.25) is 0 Å². The molecule has 0 atom stereocenters. The van der Waals surface area contributed by atoms with Gasteiger partial charge < -0.3 is 15.2 Å². The zero-order valence-corrected chi connectivity index (χ0v) is 11.2. The number of aryl methyl sites for hydroxylation is 1. The van der Waals surface area contributed by atoms with Crippen LogP contribution >= 0.6 is 0 Å². The number of nitrogens with one attached hydrogen (secondary N) is 1. The predicted molar refractivity (Wildman–Crippen MR) is 71.1 cm³/mol. The Balaban J connectivity index is 2.13. The molecular formula is C12H15N5O3. The van der Waals surface area contributed by atoms with Crippen LogP contribution in [0.1, 0.15) is 16.2 Å². The monoisotopic (exact) mass is 277 g/mol. The molecule has 0 aromatic carbocycles. The molecule has 0 aliphatic rings. The van der Waals surface area contributed by atoms with E-state index in [1.54, 1.807) is 31.1 Å². The number of hydrogen-bond acceptors (Lipinski definition) is 6. The Morgan fingerprint density at radius 2 is 2.30 bits per heavy atom. The summed E-state index contributed by atoms with van der Waals surface area (Å²) in [5.41, 5.74) is 1.21. The summed E-state index contributed by atoms with van der Waals surface area (Å²) in [6.07, 6.45) is 3.38. The Labute approximate surface area is 115 Å². The molecule has 0 saturated heterocycles. The Hall–Kier alpha value is -2.48. The van der Waals surface area contributed by atoms with E-state index in [1.807, 2.05) is 0 Å². The van der Waals surface area contributed by atoms with Crippen LogP contribution in [-0.2, 0) is 11.3 Å². The highest BCUT2D eigenvalue weighted by Gasteiger charge is 2.09. The zero-order chi connectivity index (χ0) is 14.5. The number of ether oxygens (including phenoxy) is 1. The van der Waals surface area contributed by atoms with Gasteiger partial charge in [-0.3, -0.25) is 4.68 Å². The first-order valence-corrected chi connectivity index (χ1v) is 5.96. The van der Waals surface area contributed by atoms with Crippen LogP contribution in [0, 0.1) is 6.92 Å². The summed E-state index contributed by atoms with van der Waals surface area (Å²) in [6.45, 7) is 2.90. The maximum Gasteiger partial charge on any atom is 0.354 e. The quantitative estimate of drug-likeness (QED) is 0.814. The molecule has 0 radical (unpaired) electrons. The van der Waals surface area contributed by atoms with E-state index in [4.69, 9.17) is 9.84 Å². The molecule has 20 heavy (non-hydrogen) atoms. The van der Waals surface area contributed by atoms with E-state index in [-0.39, 0.29) is 11.6 Å². The Morgan fingerprint density at radius 1 is 1.50 bits per heavy atom. The van der Waals surface area contributed by atoms with Crippen molar-refractivity contribution in [3.63, 3.8) is 0 Å². The summed E-state index contributed by atoms with van der Waals surface area (Å²) >= 11 is 0. The summed E-state index contributed by atoms with van der Waals surface area (Å²) in [4.78, 5) is 19.0. The van der Waals surface area contributed by atoms with E-state index in [0.717, 1.165) is 0 Å². The number of anilines is 2. The van der Waals surface area contributed by atoms with Crippen molar-refractivity contribution in [1.29, 1.82) is 0 Å². The number of carbonyl (C=O) groups is 1. The lowest BCUT2D eigenvalue weighted by Gasteiger charge is -2.04. The van der Waals surface area contributed by atoms with Gasteiger partial charge >= 0.3 is 5.97 Å². The van der Waals surface area contributed by atoms with Gasteiger partial charge in [-0.1, -0.05) is 0 Å². The summed E-state index contributed by atoms with van der Waals surface area (Å²) in [6, 6.07) is 1.41. The van der Waals surface area contributed by atoms with Gasteiger partial charge in [0.25, 0.3) is 0 Å². The second-order valence-electron chi connectivity index (χ2n) is 4.13. The van der Waals surface area contributed by atoms with E-state index >= 15 is 0 Å². The molecule has 106 valence electrons.